The van der Waals surface area contributed by atoms with Crippen molar-refractivity contribution < 1.29 is 0 Å². The van der Waals surface area contributed by atoms with Gasteiger partial charge in [0.25, 0.3) is 0 Å². The highest BCUT2D eigenvalue weighted by atomic mass is 128. The van der Waals surface area contributed by atoms with E-state index in [1.807, 2.05) is 0 Å². The van der Waals surface area contributed by atoms with Crippen molar-refractivity contribution >= 4 is 37.2 Å². The minimum Gasteiger partial charge on any atom is -0.0776 e. The fraction of sp³-hybridized carbons (Fsp3) is 0.368. The number of benzene rings is 2. The minimum absolute atomic E-state index is 0. The first kappa shape index (κ1) is 25.8. The van der Waals surface area contributed by atoms with Gasteiger partial charge in [0, 0.05) is 37.2 Å². The molecule has 1 aliphatic carbocycles. The Morgan fingerprint density at radius 2 is 0.810 bits per heavy atom. The summed E-state index contributed by atoms with van der Waals surface area (Å²) in [6.45, 7) is 0. The summed E-state index contributed by atoms with van der Waals surface area (Å²) in [5.41, 5.74) is 6.05. The topological polar surface area (TPSA) is 0 Å². The average molecular weight is 512 g/mol. The first-order valence-corrected chi connectivity index (χ1v) is 12.0. The summed E-state index contributed by atoms with van der Waals surface area (Å²) in [7, 11) is 0. The van der Waals surface area contributed by atoms with Crippen LogP contribution in [-0.2, 0) is 19.3 Å². The van der Waals surface area contributed by atoms with Gasteiger partial charge < -0.3 is 0 Å². The molecule has 1 aliphatic rings. The summed E-state index contributed by atoms with van der Waals surface area (Å²) in [6, 6.07) is 17.6. The van der Waals surface area contributed by atoms with Crippen molar-refractivity contribution in [1.82, 2.24) is 0 Å². The van der Waals surface area contributed by atoms with Crippen LogP contribution in [0, 0.1) is 0 Å². The Labute approximate surface area is 156 Å². The molecule has 2 aromatic carbocycles. The maximum atomic E-state index is 2.27. The van der Waals surface area contributed by atoms with E-state index in [1.54, 1.807) is 0 Å². The molecule has 21 heavy (non-hydrogen) atoms. The highest BCUT2D eigenvalue weighted by molar-refractivity contribution is 15.0. The predicted molar refractivity (Wildman–Crippen MR) is 118 cm³/mol. The summed E-state index contributed by atoms with van der Waals surface area (Å²) in [5.74, 6) is 0. The van der Waals surface area contributed by atoms with E-state index < -0.39 is 0 Å². The van der Waals surface area contributed by atoms with Crippen LogP contribution >= 0.6 is 37.2 Å². The van der Waals surface area contributed by atoms with Crippen molar-refractivity contribution in [2.24, 2.45) is 0 Å². The lowest BCUT2D eigenvalue weighted by Gasteiger charge is -2.04. The van der Waals surface area contributed by atoms with Crippen molar-refractivity contribution in [3.05, 3.63) is 70.8 Å². The molecular weight excluding hydrogens is 482 g/mol. The fourth-order valence-electron chi connectivity index (χ4n) is 2.42. The SMILES string of the molecule is C.C.C.C.II.c1ccc2c(c1)CCc1ccccc1C2. The molecule has 0 amide bonds. The van der Waals surface area contributed by atoms with Gasteiger partial charge in [-0.25, -0.2) is 0 Å². The highest BCUT2D eigenvalue weighted by Crippen LogP contribution is 2.23. The van der Waals surface area contributed by atoms with Crippen LogP contribution in [0.3, 0.4) is 0 Å². The molecule has 0 atom stereocenters. The number of halogens is 2. The minimum atomic E-state index is 0. The molecule has 0 saturated heterocycles. The predicted octanol–water partition coefficient (Wildman–Crippen LogP) is 7.69. The summed E-state index contributed by atoms with van der Waals surface area (Å²) < 4.78 is 0. The second-order valence-electron chi connectivity index (χ2n) is 4.21. The van der Waals surface area contributed by atoms with Crippen molar-refractivity contribution in [3.8, 4) is 0 Å². The highest BCUT2D eigenvalue weighted by Gasteiger charge is 2.11. The Bertz CT molecular complexity index is 447. The smallest absolute Gasteiger partial charge is 0 e. The van der Waals surface area contributed by atoms with Crippen LogP contribution in [0.2, 0.25) is 0 Å². The van der Waals surface area contributed by atoms with Crippen LogP contribution in [0.5, 0.6) is 0 Å². The normalized spacial score (nSPS) is 10.2. The van der Waals surface area contributed by atoms with Crippen LogP contribution in [0.15, 0.2) is 48.5 Å². The molecule has 2 heteroatoms. The molecule has 0 saturated carbocycles. The molecule has 0 bridgehead atoms. The largest absolute Gasteiger partial charge is 0.0776 e. The number of fused-ring (bicyclic) bond motifs is 2. The van der Waals surface area contributed by atoms with E-state index in [4.69, 9.17) is 0 Å². The lowest BCUT2D eigenvalue weighted by molar-refractivity contribution is 0.965. The van der Waals surface area contributed by atoms with Gasteiger partial charge in [0.1, 0.15) is 0 Å². The summed E-state index contributed by atoms with van der Waals surface area (Å²) >= 11 is 4.24. The lowest BCUT2D eigenvalue weighted by atomic mass is 10.0. The molecule has 0 nitrogen and oxygen atoms in total. The Morgan fingerprint density at radius 1 is 0.524 bits per heavy atom. The number of rotatable bonds is 0. The Hall–Kier alpha value is -0.1000. The van der Waals surface area contributed by atoms with Gasteiger partial charge in [0.15, 0.2) is 0 Å². The van der Waals surface area contributed by atoms with Crippen LogP contribution < -0.4 is 0 Å². The van der Waals surface area contributed by atoms with Gasteiger partial charge in [-0.15, -0.1) is 0 Å². The molecule has 0 heterocycles. The molecule has 2 aromatic rings. The summed E-state index contributed by atoms with van der Waals surface area (Å²) in [4.78, 5) is 0. The molecular formula is C19H30I2. The first-order chi connectivity index (χ1) is 8.43. The standard InChI is InChI=1S/C15H14.4CH4.I2/c1-3-7-14-11-15-8-4-2-6-13(15)10-9-12(14)5-1;;;;;1-2/h1-8H,9-11H2;4*1H4;. The average Bonchev–Trinajstić information content (AvgIpc) is 2.60. The maximum absolute atomic E-state index is 2.27. The van der Waals surface area contributed by atoms with Crippen molar-refractivity contribution in [2.75, 3.05) is 0 Å². The molecule has 120 valence electrons. The number of hydrogen-bond acceptors (Lipinski definition) is 0. The Balaban J connectivity index is -0.000000519. The van der Waals surface area contributed by atoms with Crippen molar-refractivity contribution in [2.45, 2.75) is 49.0 Å². The first-order valence-electron chi connectivity index (χ1n) is 5.71. The summed E-state index contributed by atoms with van der Waals surface area (Å²) in [6.07, 6.45) is 3.48. The zero-order valence-electron chi connectivity index (χ0n) is 9.50. The molecule has 0 aliphatic heterocycles. The zero-order valence-corrected chi connectivity index (χ0v) is 13.8. The van der Waals surface area contributed by atoms with E-state index in [0.29, 0.717) is 0 Å². The molecule has 0 spiro atoms. The quantitative estimate of drug-likeness (QED) is 0.318. The van der Waals surface area contributed by atoms with Gasteiger partial charge in [0.05, 0.1) is 0 Å². The zero-order chi connectivity index (χ0) is 12.1. The monoisotopic (exact) mass is 512 g/mol. The van der Waals surface area contributed by atoms with Gasteiger partial charge >= 0.3 is 0 Å². The molecule has 0 unspecified atom stereocenters. The Kier molecular flexibility index (Phi) is 16.7. The number of aryl methyl sites for hydroxylation is 2. The maximum Gasteiger partial charge on any atom is 0 e. The van der Waals surface area contributed by atoms with Crippen molar-refractivity contribution in [3.63, 3.8) is 0 Å². The van der Waals surface area contributed by atoms with E-state index >= 15 is 0 Å². The number of hydrogen-bond donors (Lipinski definition) is 0. The molecule has 0 radical (unpaired) electrons. The molecule has 0 aromatic heterocycles. The van der Waals surface area contributed by atoms with E-state index in [0.717, 1.165) is 6.42 Å². The molecule has 3 rings (SSSR count). The van der Waals surface area contributed by atoms with Gasteiger partial charge in [-0.2, -0.15) is 0 Å². The fourth-order valence-corrected chi connectivity index (χ4v) is 2.42. The van der Waals surface area contributed by atoms with E-state index in [2.05, 4.69) is 85.8 Å². The van der Waals surface area contributed by atoms with Crippen LogP contribution in [0.25, 0.3) is 0 Å². The lowest BCUT2D eigenvalue weighted by Crippen LogP contribution is -1.90. The third-order valence-electron chi connectivity index (χ3n) is 3.28. The van der Waals surface area contributed by atoms with Crippen LogP contribution in [-0.4, -0.2) is 0 Å². The van der Waals surface area contributed by atoms with Gasteiger partial charge in [0.2, 0.25) is 0 Å². The van der Waals surface area contributed by atoms with Gasteiger partial charge in [-0.3, -0.25) is 0 Å². The van der Waals surface area contributed by atoms with Gasteiger partial charge in [-0.05, 0) is 41.5 Å². The van der Waals surface area contributed by atoms with Gasteiger partial charge in [-0.1, -0.05) is 78.2 Å². The van der Waals surface area contributed by atoms with Crippen LogP contribution in [0.1, 0.15) is 52.0 Å². The van der Waals surface area contributed by atoms with Crippen LogP contribution in [0.4, 0.5) is 0 Å². The van der Waals surface area contributed by atoms with E-state index in [-0.39, 0.29) is 29.7 Å². The Morgan fingerprint density at radius 3 is 1.14 bits per heavy atom. The molecule has 0 fully saturated rings. The molecule has 0 N–H and O–H groups in total. The second kappa shape index (κ2) is 13.6. The van der Waals surface area contributed by atoms with Crippen molar-refractivity contribution in [1.29, 1.82) is 0 Å². The van der Waals surface area contributed by atoms with E-state index in [9.17, 15) is 0 Å². The second-order valence-corrected chi connectivity index (χ2v) is 4.21. The summed E-state index contributed by atoms with van der Waals surface area (Å²) in [5, 5.41) is 0. The third kappa shape index (κ3) is 6.68. The van der Waals surface area contributed by atoms with E-state index in [1.165, 1.54) is 35.1 Å². The third-order valence-corrected chi connectivity index (χ3v) is 3.28.